The van der Waals surface area contributed by atoms with Gasteiger partial charge in [0.25, 0.3) is 0 Å². The Morgan fingerprint density at radius 1 is 1.11 bits per heavy atom. The number of nitrogens with zero attached hydrogens (tertiary/aromatic N) is 4. The fraction of sp³-hybridized carbons (Fsp3) is 0. The van der Waals surface area contributed by atoms with E-state index in [0.717, 1.165) is 0 Å². The van der Waals surface area contributed by atoms with Crippen LogP contribution in [-0.2, 0) is 0 Å². The largest absolute Gasteiger partial charge is 0.493 e. The number of halogens is 2. The Balaban J connectivity index is 2.27. The van der Waals surface area contributed by atoms with Crippen molar-refractivity contribution < 1.29 is 5.11 Å². The summed E-state index contributed by atoms with van der Waals surface area (Å²) in [5.74, 6) is 0.138. The van der Waals surface area contributed by atoms with Crippen molar-refractivity contribution in [1.82, 2.24) is 19.9 Å². The molecule has 7 heteroatoms. The Morgan fingerprint density at radius 3 is 2.74 bits per heavy atom. The van der Waals surface area contributed by atoms with Crippen LogP contribution in [0.1, 0.15) is 0 Å². The second-order valence-electron chi connectivity index (χ2n) is 3.75. The van der Waals surface area contributed by atoms with Crippen LogP contribution in [-0.4, -0.2) is 25.0 Å². The maximum atomic E-state index is 9.95. The highest BCUT2D eigenvalue weighted by Crippen LogP contribution is 2.30. The predicted octanol–water partition coefficient (Wildman–Crippen LogP) is 3.10. The molecule has 0 unspecified atom stereocenters. The molecule has 0 aliphatic rings. The third-order valence-corrected chi connectivity index (χ3v) is 3.02. The summed E-state index contributed by atoms with van der Waals surface area (Å²) in [5.41, 5.74) is 1.11. The van der Waals surface area contributed by atoms with Crippen molar-refractivity contribution in [2.75, 3.05) is 0 Å². The zero-order valence-electron chi connectivity index (χ0n) is 9.38. The lowest BCUT2D eigenvalue weighted by Gasteiger charge is -2.05. The molecule has 19 heavy (non-hydrogen) atoms. The van der Waals surface area contributed by atoms with Crippen molar-refractivity contribution in [3.8, 4) is 17.3 Å². The smallest absolute Gasteiger partial charge is 0.224 e. The molecule has 0 saturated heterocycles. The molecule has 0 saturated carbocycles. The first-order valence-corrected chi connectivity index (χ1v) is 6.03. The zero-order chi connectivity index (χ0) is 13.4. The average Bonchev–Trinajstić information content (AvgIpc) is 2.38. The molecule has 94 valence electrons. The van der Waals surface area contributed by atoms with Gasteiger partial charge in [0, 0.05) is 18.0 Å². The zero-order valence-corrected chi connectivity index (χ0v) is 10.9. The molecule has 0 aliphatic heterocycles. The maximum Gasteiger partial charge on any atom is 0.224 e. The minimum atomic E-state index is -0.194. The minimum Gasteiger partial charge on any atom is -0.493 e. The second-order valence-corrected chi connectivity index (χ2v) is 4.55. The second kappa shape index (κ2) is 4.60. The first-order valence-electron chi connectivity index (χ1n) is 5.27. The molecule has 0 aliphatic carbocycles. The lowest BCUT2D eigenvalue weighted by Crippen LogP contribution is -1.93. The molecule has 0 aromatic carbocycles. The van der Waals surface area contributed by atoms with Gasteiger partial charge in [-0.05, 0) is 12.1 Å². The highest BCUT2D eigenvalue weighted by Gasteiger charge is 2.12. The van der Waals surface area contributed by atoms with Gasteiger partial charge in [0.2, 0.25) is 5.88 Å². The molecule has 0 radical (unpaired) electrons. The van der Waals surface area contributed by atoms with Crippen LogP contribution in [0.4, 0.5) is 0 Å². The number of fused-ring (bicyclic) bond motifs is 1. The molecule has 1 N–H and O–H groups in total. The van der Waals surface area contributed by atoms with Crippen LogP contribution < -0.4 is 0 Å². The van der Waals surface area contributed by atoms with E-state index in [1.165, 1.54) is 12.4 Å². The van der Waals surface area contributed by atoms with Crippen LogP contribution in [0.3, 0.4) is 0 Å². The van der Waals surface area contributed by atoms with E-state index in [2.05, 4.69) is 19.9 Å². The van der Waals surface area contributed by atoms with Crippen LogP contribution in [0.15, 0.2) is 30.7 Å². The van der Waals surface area contributed by atoms with E-state index < -0.39 is 0 Å². The van der Waals surface area contributed by atoms with Gasteiger partial charge in [-0.2, -0.15) is 4.98 Å². The van der Waals surface area contributed by atoms with Crippen molar-refractivity contribution in [2.45, 2.75) is 0 Å². The van der Waals surface area contributed by atoms with Crippen molar-refractivity contribution in [3.63, 3.8) is 0 Å². The van der Waals surface area contributed by atoms with Gasteiger partial charge in [0.1, 0.15) is 5.15 Å². The highest BCUT2D eigenvalue weighted by molar-refractivity contribution is 6.35. The van der Waals surface area contributed by atoms with Crippen LogP contribution in [0.2, 0.25) is 10.2 Å². The van der Waals surface area contributed by atoms with Gasteiger partial charge in [-0.25, -0.2) is 9.97 Å². The standard InChI is InChI=1S/C12H6Cl2N4O/c13-7-4-15-5-8-10(7)12(19)18-11(17-8)6-1-2-16-9(14)3-6/h1-5H,(H,17,18,19). The number of rotatable bonds is 1. The predicted molar refractivity (Wildman–Crippen MR) is 72.2 cm³/mol. The Bertz CT molecular complexity index is 779. The van der Waals surface area contributed by atoms with Gasteiger partial charge < -0.3 is 5.11 Å². The van der Waals surface area contributed by atoms with E-state index in [9.17, 15) is 5.11 Å². The fourth-order valence-corrected chi connectivity index (χ4v) is 2.11. The number of hydrogen-bond donors (Lipinski definition) is 1. The Morgan fingerprint density at radius 2 is 1.95 bits per heavy atom. The average molecular weight is 293 g/mol. The lowest BCUT2D eigenvalue weighted by atomic mass is 10.2. The molecule has 3 heterocycles. The van der Waals surface area contributed by atoms with Crippen molar-refractivity contribution in [1.29, 1.82) is 0 Å². The van der Waals surface area contributed by atoms with Gasteiger partial charge in [0.05, 0.1) is 22.1 Å². The van der Waals surface area contributed by atoms with E-state index in [1.54, 1.807) is 18.3 Å². The van der Waals surface area contributed by atoms with Crippen LogP contribution >= 0.6 is 23.2 Å². The third-order valence-electron chi connectivity index (χ3n) is 2.53. The SMILES string of the molecule is Oc1nc(-c2ccnc(Cl)c2)nc2cncc(Cl)c12. The number of aromatic hydroxyl groups is 1. The van der Waals surface area contributed by atoms with E-state index in [4.69, 9.17) is 23.2 Å². The normalized spacial score (nSPS) is 10.8. The van der Waals surface area contributed by atoms with Gasteiger partial charge in [-0.3, -0.25) is 4.98 Å². The Kier molecular flexibility index (Phi) is 2.93. The summed E-state index contributed by atoms with van der Waals surface area (Å²) in [6, 6.07) is 3.31. The van der Waals surface area contributed by atoms with Crippen molar-refractivity contribution in [2.24, 2.45) is 0 Å². The summed E-state index contributed by atoms with van der Waals surface area (Å²) in [6.45, 7) is 0. The van der Waals surface area contributed by atoms with Crippen LogP contribution in [0.25, 0.3) is 22.3 Å². The fourth-order valence-electron chi connectivity index (χ4n) is 1.70. The van der Waals surface area contributed by atoms with E-state index in [1.807, 2.05) is 0 Å². The van der Waals surface area contributed by atoms with Crippen molar-refractivity contribution >= 4 is 34.1 Å². The van der Waals surface area contributed by atoms with E-state index in [-0.39, 0.29) is 5.88 Å². The van der Waals surface area contributed by atoms with E-state index >= 15 is 0 Å². The Labute approximate surface area is 117 Å². The van der Waals surface area contributed by atoms with Gasteiger partial charge >= 0.3 is 0 Å². The summed E-state index contributed by atoms with van der Waals surface area (Å²) in [7, 11) is 0. The molecule has 3 rings (SSSR count). The third kappa shape index (κ3) is 2.18. The van der Waals surface area contributed by atoms with Crippen LogP contribution in [0.5, 0.6) is 5.88 Å². The lowest BCUT2D eigenvalue weighted by molar-refractivity contribution is 0.460. The Hall–Kier alpha value is -1.98. The summed E-state index contributed by atoms with van der Waals surface area (Å²) in [4.78, 5) is 16.1. The maximum absolute atomic E-state index is 9.95. The molecular weight excluding hydrogens is 287 g/mol. The quantitative estimate of drug-likeness (QED) is 0.698. The highest BCUT2D eigenvalue weighted by atomic mass is 35.5. The molecule has 3 aromatic heterocycles. The molecule has 0 amide bonds. The number of aromatic nitrogens is 4. The summed E-state index contributed by atoms with van der Waals surface area (Å²) in [5, 5.41) is 11.0. The summed E-state index contributed by atoms with van der Waals surface area (Å²) >= 11 is 11.8. The molecule has 0 fully saturated rings. The molecule has 5 nitrogen and oxygen atoms in total. The molecule has 3 aromatic rings. The summed E-state index contributed by atoms with van der Waals surface area (Å²) < 4.78 is 0. The first kappa shape index (κ1) is 12.1. The summed E-state index contributed by atoms with van der Waals surface area (Å²) in [6.07, 6.45) is 4.48. The molecule has 0 bridgehead atoms. The van der Waals surface area contributed by atoms with Gasteiger partial charge in [-0.15, -0.1) is 0 Å². The van der Waals surface area contributed by atoms with Gasteiger partial charge in [-0.1, -0.05) is 23.2 Å². The number of hydrogen-bond acceptors (Lipinski definition) is 5. The number of pyridine rings is 2. The molecule has 0 spiro atoms. The van der Waals surface area contributed by atoms with Gasteiger partial charge in [0.15, 0.2) is 5.82 Å². The first-order chi connectivity index (χ1) is 9.15. The van der Waals surface area contributed by atoms with Crippen molar-refractivity contribution in [3.05, 3.63) is 40.9 Å². The molecule has 0 atom stereocenters. The van der Waals surface area contributed by atoms with E-state index in [0.29, 0.717) is 32.5 Å². The monoisotopic (exact) mass is 292 g/mol. The topological polar surface area (TPSA) is 71.8 Å². The van der Waals surface area contributed by atoms with Crippen LogP contribution in [0, 0.1) is 0 Å². The molecular formula is C12H6Cl2N4O. The minimum absolute atomic E-state index is 0.194.